The number of non-ortho nitro benzene ring substituents is 1. The topological polar surface area (TPSA) is 113 Å². The minimum absolute atomic E-state index is 0.102. The second-order valence-electron chi connectivity index (χ2n) is 8.00. The summed E-state index contributed by atoms with van der Waals surface area (Å²) < 4.78 is 5.46. The molecule has 1 fully saturated rings. The Labute approximate surface area is 204 Å². The number of rotatable bonds is 11. The van der Waals surface area contributed by atoms with Crippen LogP contribution in [0.4, 0.5) is 5.69 Å². The second-order valence-corrected chi connectivity index (χ2v) is 8.00. The molecular weight excluding hydrogens is 450 g/mol. The highest BCUT2D eigenvalue weighted by molar-refractivity contribution is 6.46. The second kappa shape index (κ2) is 11.4. The number of hydrogen-bond donors (Lipinski definition) is 1. The Morgan fingerprint density at radius 1 is 1.20 bits per heavy atom. The van der Waals surface area contributed by atoms with Gasteiger partial charge in [0.15, 0.2) is 0 Å². The van der Waals surface area contributed by atoms with Gasteiger partial charge in [0.25, 0.3) is 17.4 Å². The summed E-state index contributed by atoms with van der Waals surface area (Å²) in [4.78, 5) is 40.5. The number of ketones is 1. The molecule has 1 amide bonds. The fraction of sp³-hybridized carbons (Fsp3) is 0.308. The van der Waals surface area contributed by atoms with Crippen LogP contribution in [-0.4, -0.2) is 64.3 Å². The number of benzene rings is 2. The molecule has 2 aromatic rings. The fourth-order valence-electron chi connectivity index (χ4n) is 4.07. The molecule has 9 nitrogen and oxygen atoms in total. The van der Waals surface area contributed by atoms with E-state index in [1.165, 1.54) is 23.1 Å². The Balaban J connectivity index is 2.09. The number of likely N-dealkylation sites (N-methyl/N-ethyl adjacent to an activating group) is 1. The van der Waals surface area contributed by atoms with Crippen molar-refractivity contribution in [1.29, 1.82) is 0 Å². The normalized spacial score (nSPS) is 17.1. The molecule has 1 heterocycles. The van der Waals surface area contributed by atoms with Crippen LogP contribution in [0, 0.1) is 10.1 Å². The largest absolute Gasteiger partial charge is 0.507 e. The first-order chi connectivity index (χ1) is 16.8. The summed E-state index contributed by atoms with van der Waals surface area (Å²) in [6, 6.07) is 11.3. The van der Waals surface area contributed by atoms with Crippen molar-refractivity contribution >= 4 is 23.1 Å². The molecular formula is C26H29N3O6. The number of carbonyl (C=O) groups excluding carboxylic acids is 2. The molecule has 3 rings (SSSR count). The van der Waals surface area contributed by atoms with Gasteiger partial charge in [0.2, 0.25) is 0 Å². The Morgan fingerprint density at radius 3 is 2.49 bits per heavy atom. The van der Waals surface area contributed by atoms with Crippen molar-refractivity contribution in [3.8, 4) is 5.75 Å². The predicted octanol–water partition coefficient (Wildman–Crippen LogP) is 3.92. The van der Waals surface area contributed by atoms with Gasteiger partial charge in [-0.05, 0) is 42.9 Å². The summed E-state index contributed by atoms with van der Waals surface area (Å²) in [7, 11) is 0. The summed E-state index contributed by atoms with van der Waals surface area (Å²) in [5.41, 5.74) is 0.439. The van der Waals surface area contributed by atoms with Crippen LogP contribution in [-0.2, 0) is 9.59 Å². The van der Waals surface area contributed by atoms with Gasteiger partial charge in [0.05, 0.1) is 16.5 Å². The van der Waals surface area contributed by atoms with Crippen LogP contribution < -0.4 is 4.74 Å². The van der Waals surface area contributed by atoms with Crippen LogP contribution in [0.5, 0.6) is 5.75 Å². The number of aliphatic hydroxyl groups is 1. The lowest BCUT2D eigenvalue weighted by molar-refractivity contribution is -0.384. The van der Waals surface area contributed by atoms with Gasteiger partial charge >= 0.3 is 0 Å². The average molecular weight is 480 g/mol. The molecule has 1 aliphatic heterocycles. The number of amides is 1. The van der Waals surface area contributed by atoms with Crippen LogP contribution >= 0.6 is 0 Å². The number of Topliss-reactive ketones (excluding diaryl/α,β-unsaturated/α-hetero) is 1. The Morgan fingerprint density at radius 2 is 1.89 bits per heavy atom. The fourth-order valence-corrected chi connectivity index (χ4v) is 4.07. The zero-order chi connectivity index (χ0) is 25.5. The predicted molar refractivity (Wildman–Crippen MR) is 132 cm³/mol. The molecule has 0 aromatic heterocycles. The summed E-state index contributed by atoms with van der Waals surface area (Å²) in [5, 5.41) is 22.5. The van der Waals surface area contributed by atoms with Gasteiger partial charge in [-0.15, -0.1) is 0 Å². The molecule has 35 heavy (non-hydrogen) atoms. The van der Waals surface area contributed by atoms with Gasteiger partial charge < -0.3 is 19.6 Å². The van der Waals surface area contributed by atoms with Crippen molar-refractivity contribution in [2.75, 3.05) is 32.8 Å². The molecule has 2 aromatic carbocycles. The first-order valence-electron chi connectivity index (χ1n) is 11.4. The maximum atomic E-state index is 13.1. The molecule has 0 bridgehead atoms. The van der Waals surface area contributed by atoms with Crippen LogP contribution in [0.1, 0.15) is 31.0 Å². The molecule has 1 N–H and O–H groups in total. The first-order valence-corrected chi connectivity index (χ1v) is 11.4. The quantitative estimate of drug-likeness (QED) is 0.130. The van der Waals surface area contributed by atoms with Crippen LogP contribution in [0.15, 0.2) is 66.8 Å². The third-order valence-electron chi connectivity index (χ3n) is 5.98. The minimum Gasteiger partial charge on any atom is -0.507 e. The van der Waals surface area contributed by atoms with E-state index >= 15 is 0 Å². The lowest BCUT2D eigenvalue weighted by atomic mass is 9.95. The lowest BCUT2D eigenvalue weighted by Gasteiger charge is -2.28. The SMILES string of the molecule is C=CCOc1ccc(/C(O)=C2\C(=O)C(=O)N(CCN(CC)CC)C2c2cccc([N+](=O)[O-])c2)cc1. The van der Waals surface area contributed by atoms with Gasteiger partial charge in [-0.2, -0.15) is 0 Å². The van der Waals surface area contributed by atoms with Crippen LogP contribution in [0.3, 0.4) is 0 Å². The van der Waals surface area contributed by atoms with Crippen LogP contribution in [0.2, 0.25) is 0 Å². The third-order valence-corrected chi connectivity index (χ3v) is 5.98. The van der Waals surface area contributed by atoms with E-state index in [-0.39, 0.29) is 23.6 Å². The summed E-state index contributed by atoms with van der Waals surface area (Å²) in [5.74, 6) is -1.37. The number of nitro groups is 1. The summed E-state index contributed by atoms with van der Waals surface area (Å²) in [6.07, 6.45) is 1.60. The number of nitrogens with zero attached hydrogens (tertiary/aromatic N) is 3. The number of likely N-dealkylation sites (tertiary alicyclic amines) is 1. The lowest BCUT2D eigenvalue weighted by Crippen LogP contribution is -2.38. The maximum Gasteiger partial charge on any atom is 0.295 e. The molecule has 0 spiro atoms. The standard InChI is InChI=1S/C26H29N3O6/c1-4-16-35-21-12-10-18(11-13-21)24(30)22-23(19-8-7-9-20(17-19)29(33)34)28(26(32)25(22)31)15-14-27(5-2)6-3/h4,7-13,17,23,30H,1,5-6,14-16H2,2-3H3/b24-22+. The Kier molecular flexibility index (Phi) is 8.38. The van der Waals surface area contributed by atoms with E-state index in [2.05, 4.69) is 11.5 Å². The summed E-state index contributed by atoms with van der Waals surface area (Å²) >= 11 is 0. The van der Waals surface area contributed by atoms with E-state index in [0.29, 0.717) is 30.0 Å². The van der Waals surface area contributed by atoms with Crippen LogP contribution in [0.25, 0.3) is 5.76 Å². The Bertz CT molecular complexity index is 1140. The molecule has 1 unspecified atom stereocenters. The molecule has 0 saturated carbocycles. The highest BCUT2D eigenvalue weighted by Crippen LogP contribution is 2.40. The van der Waals surface area contributed by atoms with Crippen molar-refractivity contribution in [1.82, 2.24) is 9.80 Å². The average Bonchev–Trinajstić information content (AvgIpc) is 3.13. The number of carbonyl (C=O) groups is 2. The molecule has 1 aliphatic rings. The van der Waals surface area contributed by atoms with Crippen molar-refractivity contribution in [3.63, 3.8) is 0 Å². The van der Waals surface area contributed by atoms with Gasteiger partial charge in [0, 0.05) is 30.8 Å². The first kappa shape index (κ1) is 25.6. The van der Waals surface area contributed by atoms with Crippen molar-refractivity contribution in [2.24, 2.45) is 0 Å². The zero-order valence-corrected chi connectivity index (χ0v) is 19.8. The number of ether oxygens (including phenoxy) is 1. The van der Waals surface area contributed by atoms with Crippen molar-refractivity contribution in [3.05, 3.63) is 88.0 Å². The molecule has 184 valence electrons. The van der Waals surface area contributed by atoms with Crippen molar-refractivity contribution < 1.29 is 24.4 Å². The number of hydrogen-bond acceptors (Lipinski definition) is 7. The molecule has 1 saturated heterocycles. The monoisotopic (exact) mass is 479 g/mol. The third kappa shape index (κ3) is 5.58. The molecule has 0 aliphatic carbocycles. The number of nitro benzene ring substituents is 1. The van der Waals surface area contributed by atoms with E-state index in [0.717, 1.165) is 13.1 Å². The molecule has 0 radical (unpaired) electrons. The number of aliphatic hydroxyl groups excluding tert-OH is 1. The molecule has 9 heteroatoms. The van der Waals surface area contributed by atoms with Crippen molar-refractivity contribution in [2.45, 2.75) is 19.9 Å². The smallest absolute Gasteiger partial charge is 0.295 e. The van der Waals surface area contributed by atoms with Gasteiger partial charge in [-0.25, -0.2) is 0 Å². The zero-order valence-electron chi connectivity index (χ0n) is 19.8. The summed E-state index contributed by atoms with van der Waals surface area (Å²) in [6.45, 7) is 10.2. The van der Waals surface area contributed by atoms with Gasteiger partial charge in [0.1, 0.15) is 18.1 Å². The van der Waals surface area contributed by atoms with E-state index in [4.69, 9.17) is 4.74 Å². The van der Waals surface area contributed by atoms with Gasteiger partial charge in [-0.3, -0.25) is 19.7 Å². The minimum atomic E-state index is -0.956. The van der Waals surface area contributed by atoms with E-state index in [1.54, 1.807) is 36.4 Å². The van der Waals surface area contributed by atoms with E-state index < -0.39 is 22.7 Å². The van der Waals surface area contributed by atoms with Gasteiger partial charge in [-0.1, -0.05) is 38.6 Å². The maximum absolute atomic E-state index is 13.1. The van der Waals surface area contributed by atoms with E-state index in [1.807, 2.05) is 13.8 Å². The highest BCUT2D eigenvalue weighted by Gasteiger charge is 2.46. The van der Waals surface area contributed by atoms with E-state index in [9.17, 15) is 24.8 Å². The molecule has 1 atom stereocenters. The highest BCUT2D eigenvalue weighted by atomic mass is 16.6. The Hall–Kier alpha value is -3.98.